The number of fused-ring (bicyclic) bond motifs is 10. The van der Waals surface area contributed by atoms with Crippen molar-refractivity contribution in [3.63, 3.8) is 0 Å². The van der Waals surface area contributed by atoms with Crippen LogP contribution in [0.15, 0.2) is 170 Å². The number of hydrogen-bond donors (Lipinski definition) is 0. The Balaban J connectivity index is 0.934. The molecule has 4 aliphatic carbocycles. The summed E-state index contributed by atoms with van der Waals surface area (Å²) in [5.41, 5.74) is 22.6. The molecule has 0 atom stereocenters. The minimum Gasteiger partial charge on any atom is -0.228 e. The summed E-state index contributed by atoms with van der Waals surface area (Å²) in [6.07, 6.45) is 12.9. The van der Waals surface area contributed by atoms with Crippen molar-refractivity contribution in [3.8, 4) is 78.4 Å². The largest absolute Gasteiger partial charge is 0.228 e. The molecule has 60 heavy (non-hydrogen) atoms. The van der Waals surface area contributed by atoms with Crippen LogP contribution in [0.4, 0.5) is 0 Å². The molecule has 8 aromatic rings. The molecule has 2 nitrogen and oxygen atoms in total. The summed E-state index contributed by atoms with van der Waals surface area (Å²) in [7, 11) is 0. The average molecular weight is 773 g/mol. The molecule has 0 aliphatic heterocycles. The molecule has 1 aromatic heterocycles. The molecule has 2 spiro atoms. The number of benzene rings is 7. The highest BCUT2D eigenvalue weighted by Gasteiger charge is 2.49. The maximum atomic E-state index is 5.14. The second-order valence-electron chi connectivity index (χ2n) is 17.9. The lowest BCUT2D eigenvalue weighted by Gasteiger charge is -2.37. The van der Waals surface area contributed by atoms with Crippen molar-refractivity contribution in [3.05, 3.63) is 192 Å². The summed E-state index contributed by atoms with van der Waals surface area (Å²) >= 11 is 0. The van der Waals surface area contributed by atoms with Gasteiger partial charge >= 0.3 is 0 Å². The highest BCUT2D eigenvalue weighted by Crippen LogP contribution is 2.62. The van der Waals surface area contributed by atoms with Gasteiger partial charge in [0.2, 0.25) is 0 Å². The van der Waals surface area contributed by atoms with Gasteiger partial charge < -0.3 is 0 Å². The van der Waals surface area contributed by atoms with Crippen molar-refractivity contribution in [1.82, 2.24) is 9.97 Å². The third kappa shape index (κ3) is 5.60. The topological polar surface area (TPSA) is 25.8 Å². The van der Waals surface area contributed by atoms with E-state index in [2.05, 4.69) is 146 Å². The molecule has 0 N–H and O–H groups in total. The van der Waals surface area contributed by atoms with E-state index in [0.29, 0.717) is 0 Å². The van der Waals surface area contributed by atoms with Crippen LogP contribution in [0.3, 0.4) is 0 Å². The minimum absolute atomic E-state index is 0.0753. The molecule has 0 bridgehead atoms. The van der Waals surface area contributed by atoms with Gasteiger partial charge in [-0.2, -0.15) is 0 Å². The minimum atomic E-state index is 0.0753. The lowest BCUT2D eigenvalue weighted by Crippen LogP contribution is -2.29. The van der Waals surface area contributed by atoms with Gasteiger partial charge in [-0.05, 0) is 129 Å². The lowest BCUT2D eigenvalue weighted by molar-refractivity contribution is 0.350. The SMILES string of the molecule is c1ccc(-c2cc(-c3cccc(-c4cccc(-c5ccc6c(c5)C5(CCCCC5)c5cc7c(cc5-6)C5(CCCCC5)c5ccccc5-7)c4)c3)nc(-c3ccccc3)n2)cc1. The summed E-state index contributed by atoms with van der Waals surface area (Å²) in [6.45, 7) is 0. The maximum Gasteiger partial charge on any atom is 0.160 e. The smallest absolute Gasteiger partial charge is 0.160 e. The predicted octanol–water partition coefficient (Wildman–Crippen LogP) is 15.3. The molecule has 0 saturated heterocycles. The molecule has 2 fully saturated rings. The second kappa shape index (κ2) is 14.1. The van der Waals surface area contributed by atoms with Gasteiger partial charge in [0.15, 0.2) is 5.82 Å². The van der Waals surface area contributed by atoms with Gasteiger partial charge in [-0.3, -0.25) is 0 Å². The van der Waals surface area contributed by atoms with Crippen LogP contribution in [-0.4, -0.2) is 9.97 Å². The number of rotatable bonds is 5. The normalized spacial score (nSPS) is 16.6. The van der Waals surface area contributed by atoms with Crippen LogP contribution in [0.1, 0.15) is 86.5 Å². The fraction of sp³-hybridized carbons (Fsp3) is 0.207. The first-order valence-electron chi connectivity index (χ1n) is 22.3. The summed E-state index contributed by atoms with van der Waals surface area (Å²) in [5.74, 6) is 0.733. The van der Waals surface area contributed by atoms with Crippen molar-refractivity contribution in [2.24, 2.45) is 0 Å². The first kappa shape index (κ1) is 35.6. The predicted molar refractivity (Wildman–Crippen MR) is 248 cm³/mol. The number of hydrogen-bond acceptors (Lipinski definition) is 2. The van der Waals surface area contributed by atoms with Gasteiger partial charge in [-0.1, -0.05) is 172 Å². The van der Waals surface area contributed by atoms with Crippen LogP contribution < -0.4 is 0 Å². The Morgan fingerprint density at radius 1 is 0.283 bits per heavy atom. The van der Waals surface area contributed by atoms with E-state index in [9.17, 15) is 0 Å². The summed E-state index contributed by atoms with van der Waals surface area (Å²) < 4.78 is 0. The zero-order chi connectivity index (χ0) is 39.7. The van der Waals surface area contributed by atoms with Crippen LogP contribution in [0, 0.1) is 0 Å². The Bertz CT molecular complexity index is 2870. The Morgan fingerprint density at radius 2 is 0.733 bits per heavy atom. The third-order valence-corrected chi connectivity index (χ3v) is 14.7. The van der Waals surface area contributed by atoms with E-state index in [4.69, 9.17) is 9.97 Å². The van der Waals surface area contributed by atoms with Crippen LogP contribution in [0.2, 0.25) is 0 Å². The molecule has 0 amide bonds. The molecule has 1 heterocycles. The molecular weight excluding hydrogens is 725 g/mol. The van der Waals surface area contributed by atoms with Gasteiger partial charge in [0.05, 0.1) is 11.4 Å². The standard InChI is InChI=1S/C58H48N2/c1-5-17-39(18-6-1)54-38-55(60-56(59-54)40-19-7-2-8-20-40)45-24-16-23-43(34-45)41-21-15-22-42(33-41)44-27-28-47-49-37-52-48(36-53(49)58(51(47)35-44)31-13-4-14-32-58)46-25-9-10-26-50(46)57(52)29-11-3-12-30-57/h1-2,5-10,15-28,33-38H,3-4,11-14,29-32H2. The fourth-order valence-electron chi connectivity index (χ4n) is 11.8. The number of aromatic nitrogens is 2. The third-order valence-electron chi connectivity index (χ3n) is 14.7. The maximum absolute atomic E-state index is 5.14. The molecule has 7 aromatic carbocycles. The highest BCUT2D eigenvalue weighted by molar-refractivity contribution is 5.91. The molecule has 2 saturated carbocycles. The molecule has 0 radical (unpaired) electrons. The molecule has 12 rings (SSSR count). The first-order chi connectivity index (χ1) is 29.7. The Hall–Kier alpha value is -6.38. The van der Waals surface area contributed by atoms with E-state index < -0.39 is 0 Å². The molecule has 4 aliphatic rings. The van der Waals surface area contributed by atoms with E-state index in [1.54, 1.807) is 22.3 Å². The summed E-state index contributed by atoms with van der Waals surface area (Å²) in [4.78, 5) is 10.2. The first-order valence-corrected chi connectivity index (χ1v) is 22.3. The van der Waals surface area contributed by atoms with E-state index in [1.807, 2.05) is 24.3 Å². The Kier molecular flexibility index (Phi) is 8.37. The Labute approximate surface area is 354 Å². The zero-order valence-electron chi connectivity index (χ0n) is 34.1. The van der Waals surface area contributed by atoms with Gasteiger partial charge in [0.1, 0.15) is 0 Å². The van der Waals surface area contributed by atoms with E-state index in [1.165, 1.54) is 109 Å². The molecular formula is C58H48N2. The Morgan fingerprint density at radius 3 is 1.37 bits per heavy atom. The fourth-order valence-corrected chi connectivity index (χ4v) is 11.8. The second-order valence-corrected chi connectivity index (χ2v) is 17.9. The van der Waals surface area contributed by atoms with E-state index >= 15 is 0 Å². The quantitative estimate of drug-likeness (QED) is 0.174. The monoisotopic (exact) mass is 772 g/mol. The van der Waals surface area contributed by atoms with Crippen LogP contribution in [0.5, 0.6) is 0 Å². The zero-order valence-corrected chi connectivity index (χ0v) is 34.1. The van der Waals surface area contributed by atoms with Gasteiger partial charge in [0, 0.05) is 27.5 Å². The molecule has 290 valence electrons. The van der Waals surface area contributed by atoms with E-state index in [-0.39, 0.29) is 10.8 Å². The molecule has 0 unspecified atom stereocenters. The van der Waals surface area contributed by atoms with E-state index in [0.717, 1.165) is 33.9 Å². The van der Waals surface area contributed by atoms with Gasteiger partial charge in [0.25, 0.3) is 0 Å². The van der Waals surface area contributed by atoms with Crippen molar-refractivity contribution in [1.29, 1.82) is 0 Å². The van der Waals surface area contributed by atoms with Crippen LogP contribution in [0.25, 0.3) is 78.4 Å². The van der Waals surface area contributed by atoms with Gasteiger partial charge in [-0.15, -0.1) is 0 Å². The summed E-state index contributed by atoms with van der Waals surface area (Å²) in [5, 5.41) is 0. The van der Waals surface area contributed by atoms with Crippen molar-refractivity contribution in [2.45, 2.75) is 75.0 Å². The van der Waals surface area contributed by atoms with Crippen molar-refractivity contribution >= 4 is 0 Å². The lowest BCUT2D eigenvalue weighted by atomic mass is 9.66. The van der Waals surface area contributed by atoms with Gasteiger partial charge in [-0.25, -0.2) is 9.97 Å². The number of nitrogens with zero attached hydrogens (tertiary/aromatic N) is 2. The van der Waals surface area contributed by atoms with Crippen LogP contribution >= 0.6 is 0 Å². The summed E-state index contributed by atoms with van der Waals surface area (Å²) in [6, 6.07) is 63.1. The average Bonchev–Trinajstić information content (AvgIpc) is 3.73. The van der Waals surface area contributed by atoms with Crippen molar-refractivity contribution in [2.75, 3.05) is 0 Å². The van der Waals surface area contributed by atoms with Crippen molar-refractivity contribution < 1.29 is 0 Å². The van der Waals surface area contributed by atoms with Crippen LogP contribution in [-0.2, 0) is 10.8 Å². The molecule has 2 heteroatoms. The highest BCUT2D eigenvalue weighted by atomic mass is 14.9.